The van der Waals surface area contributed by atoms with Crippen molar-refractivity contribution in [2.45, 2.75) is 95.4 Å². The molecule has 6 nitrogen and oxygen atoms in total. The highest BCUT2D eigenvalue weighted by Gasteiger charge is 2.76. The molecule has 0 radical (unpaired) electrons. The van der Waals surface area contributed by atoms with Crippen molar-refractivity contribution in [1.29, 1.82) is 0 Å². The Morgan fingerprint density at radius 1 is 0.972 bits per heavy atom. The van der Waals surface area contributed by atoms with Gasteiger partial charge in [0.2, 0.25) is 0 Å². The molecular weight excluding hydrogens is 498 g/mol. The van der Waals surface area contributed by atoms with Crippen LogP contribution in [0.3, 0.4) is 0 Å². The summed E-state index contributed by atoms with van der Waals surface area (Å²) in [7, 11) is 0. The van der Waals surface area contributed by atoms with Gasteiger partial charge >= 0.3 is 29.9 Å². The van der Waals surface area contributed by atoms with E-state index in [2.05, 4.69) is 11.3 Å². The molecule has 0 aliphatic heterocycles. The first-order valence-electron chi connectivity index (χ1n) is 11.8. The number of carbonyl (C=O) groups excluding carboxylic acids is 2. The zero-order valence-electron chi connectivity index (χ0n) is 20.6. The smallest absolute Gasteiger partial charge is 0.437 e. The molecule has 4 saturated carbocycles. The van der Waals surface area contributed by atoms with Crippen molar-refractivity contribution >= 4 is 11.9 Å². The summed E-state index contributed by atoms with van der Waals surface area (Å²) in [5.74, 6) is -3.68. The summed E-state index contributed by atoms with van der Waals surface area (Å²) >= 11 is 0. The first kappa shape index (κ1) is 28.6. The molecule has 0 aromatic heterocycles. The van der Waals surface area contributed by atoms with Crippen molar-refractivity contribution < 1.29 is 55.2 Å². The summed E-state index contributed by atoms with van der Waals surface area (Å²) in [6, 6.07) is 0. The van der Waals surface area contributed by atoms with Crippen LogP contribution in [-0.2, 0) is 23.8 Å². The van der Waals surface area contributed by atoms with Crippen molar-refractivity contribution in [3.63, 3.8) is 0 Å². The lowest BCUT2D eigenvalue weighted by molar-refractivity contribution is -0.357. The summed E-state index contributed by atoms with van der Waals surface area (Å²) < 4.78 is 92.9. The Morgan fingerprint density at radius 2 is 1.47 bits per heavy atom. The average molecular weight is 531 g/mol. The van der Waals surface area contributed by atoms with Crippen LogP contribution in [0.4, 0.5) is 26.3 Å². The van der Waals surface area contributed by atoms with E-state index < -0.39 is 47.7 Å². The minimum atomic E-state index is -6.40. The highest BCUT2D eigenvalue weighted by molar-refractivity contribution is 5.84. The second-order valence-corrected chi connectivity index (χ2v) is 11.2. The quantitative estimate of drug-likeness (QED) is 0.263. The molecular formula is C24H32F6O6. The highest BCUT2D eigenvalue weighted by Crippen LogP contribution is 2.63. The molecule has 0 aromatic carbocycles. The number of hydrogen-bond donors (Lipinski definition) is 1. The fraction of sp³-hybridized carbons (Fsp3) is 0.833. The fourth-order valence-electron chi connectivity index (χ4n) is 5.90. The van der Waals surface area contributed by atoms with Gasteiger partial charge in [0.25, 0.3) is 0 Å². The van der Waals surface area contributed by atoms with Gasteiger partial charge in [0, 0.05) is 17.3 Å². The largest absolute Gasteiger partial charge is 0.492 e. The first-order valence-corrected chi connectivity index (χ1v) is 11.8. The molecule has 4 fully saturated rings. The molecule has 0 amide bonds. The molecule has 0 saturated heterocycles. The van der Waals surface area contributed by atoms with Gasteiger partial charge < -0.3 is 19.3 Å². The lowest BCUT2D eigenvalue weighted by Gasteiger charge is -2.63. The zero-order chi connectivity index (χ0) is 27.5. The maximum atomic E-state index is 12.8. The SMILES string of the molecule is C=C(OC12CC3CC(C1)C(C)(OC(=O)COC(=O)C(O)(C(F)(F)F)C(F)(F)F)C(C3)C2)C(C)(C)CC. The number of ether oxygens (including phenoxy) is 3. The Bertz CT molecular complexity index is 878. The Morgan fingerprint density at radius 3 is 1.92 bits per heavy atom. The summed E-state index contributed by atoms with van der Waals surface area (Å²) in [5.41, 5.74) is -7.53. The summed E-state index contributed by atoms with van der Waals surface area (Å²) in [6.45, 7) is 10.4. The standard InChI is InChI=1S/C24H32F6O6/c1-6-19(3,4)13(2)35-21-9-14-7-15(10-21)20(5,16(8-14)11-21)36-17(31)12-34-18(32)22(33,23(25,26)27)24(28,29)30/h14-16,33H,2,6-12H2,1,3-5H3. The van der Waals surface area contributed by atoms with Crippen LogP contribution in [0.5, 0.6) is 0 Å². The molecule has 0 spiro atoms. The first-order chi connectivity index (χ1) is 16.2. The van der Waals surface area contributed by atoms with Crippen molar-refractivity contribution in [2.24, 2.45) is 23.2 Å². The second kappa shape index (κ2) is 8.80. The molecule has 4 rings (SSSR count). The van der Waals surface area contributed by atoms with Gasteiger partial charge in [0.05, 0.1) is 5.76 Å². The van der Waals surface area contributed by atoms with Crippen molar-refractivity contribution in [1.82, 2.24) is 0 Å². The summed E-state index contributed by atoms with van der Waals surface area (Å²) in [6.07, 6.45) is -8.62. The van der Waals surface area contributed by atoms with E-state index >= 15 is 0 Å². The van der Waals surface area contributed by atoms with Crippen LogP contribution in [0.1, 0.15) is 66.2 Å². The molecule has 4 bridgehead atoms. The average Bonchev–Trinajstić information content (AvgIpc) is 2.73. The lowest BCUT2D eigenvalue weighted by Crippen LogP contribution is -2.65. The molecule has 4 aliphatic carbocycles. The van der Waals surface area contributed by atoms with Crippen LogP contribution in [-0.4, -0.2) is 52.8 Å². The van der Waals surface area contributed by atoms with Crippen LogP contribution in [0.25, 0.3) is 0 Å². The Labute approximate surface area is 205 Å². The number of alkyl halides is 6. The van der Waals surface area contributed by atoms with E-state index in [9.17, 15) is 35.9 Å². The molecule has 12 heteroatoms. The molecule has 206 valence electrons. The van der Waals surface area contributed by atoms with E-state index in [1.165, 1.54) is 0 Å². The van der Waals surface area contributed by atoms with E-state index in [-0.39, 0.29) is 17.3 Å². The van der Waals surface area contributed by atoms with Gasteiger partial charge in [-0.05, 0) is 51.4 Å². The fourth-order valence-corrected chi connectivity index (χ4v) is 5.90. The van der Waals surface area contributed by atoms with Crippen LogP contribution >= 0.6 is 0 Å². The van der Waals surface area contributed by atoms with Gasteiger partial charge in [0.1, 0.15) is 11.2 Å². The third kappa shape index (κ3) is 4.69. The van der Waals surface area contributed by atoms with E-state index in [0.29, 0.717) is 24.5 Å². The third-order valence-corrected chi connectivity index (χ3v) is 8.50. The summed E-state index contributed by atoms with van der Waals surface area (Å²) in [5, 5.41) is 9.08. The van der Waals surface area contributed by atoms with E-state index in [1.54, 1.807) is 6.92 Å². The van der Waals surface area contributed by atoms with Gasteiger partial charge in [-0.15, -0.1) is 0 Å². The van der Waals surface area contributed by atoms with E-state index in [0.717, 1.165) is 25.7 Å². The molecule has 0 aromatic rings. The maximum absolute atomic E-state index is 12.8. The molecule has 0 heterocycles. The number of esters is 2. The number of halogens is 6. The molecule has 2 atom stereocenters. The predicted octanol–water partition coefficient (Wildman–Crippen LogP) is 5.23. The highest BCUT2D eigenvalue weighted by atomic mass is 19.4. The molecule has 1 N–H and O–H groups in total. The summed E-state index contributed by atoms with van der Waals surface area (Å²) in [4.78, 5) is 24.0. The van der Waals surface area contributed by atoms with Gasteiger partial charge in [-0.3, -0.25) is 0 Å². The van der Waals surface area contributed by atoms with Crippen LogP contribution in [0.2, 0.25) is 0 Å². The van der Waals surface area contributed by atoms with E-state index in [4.69, 9.17) is 14.6 Å². The maximum Gasteiger partial charge on any atom is 0.437 e. The predicted molar refractivity (Wildman–Crippen MR) is 113 cm³/mol. The number of aliphatic hydroxyl groups is 1. The Balaban J connectivity index is 1.68. The van der Waals surface area contributed by atoms with Gasteiger partial charge in [-0.25, -0.2) is 9.59 Å². The van der Waals surface area contributed by atoms with Gasteiger partial charge in [0.15, 0.2) is 6.61 Å². The van der Waals surface area contributed by atoms with Crippen molar-refractivity contribution in [3.8, 4) is 0 Å². The van der Waals surface area contributed by atoms with Crippen LogP contribution < -0.4 is 0 Å². The van der Waals surface area contributed by atoms with E-state index in [1.807, 2.05) is 20.8 Å². The van der Waals surface area contributed by atoms with Gasteiger partial charge in [-0.2, -0.15) is 26.3 Å². The Kier molecular flexibility index (Phi) is 6.99. The number of carbonyl (C=O) groups is 2. The Hall–Kier alpha value is -1.98. The monoisotopic (exact) mass is 530 g/mol. The number of allylic oxidation sites excluding steroid dienone is 1. The third-order valence-electron chi connectivity index (χ3n) is 8.50. The van der Waals surface area contributed by atoms with Crippen LogP contribution in [0, 0.1) is 23.2 Å². The topological polar surface area (TPSA) is 82.1 Å². The normalized spacial score (nSPS) is 32.2. The number of hydrogen-bond acceptors (Lipinski definition) is 6. The van der Waals surface area contributed by atoms with Crippen LogP contribution in [0.15, 0.2) is 12.3 Å². The second-order valence-electron chi connectivity index (χ2n) is 11.2. The molecule has 4 aliphatic rings. The zero-order valence-corrected chi connectivity index (χ0v) is 20.6. The minimum Gasteiger partial charge on any atom is -0.492 e. The minimum absolute atomic E-state index is 0.164. The number of rotatable bonds is 8. The lowest BCUT2D eigenvalue weighted by atomic mass is 9.48. The van der Waals surface area contributed by atoms with Crippen molar-refractivity contribution in [3.05, 3.63) is 12.3 Å². The van der Waals surface area contributed by atoms with Gasteiger partial charge in [-0.1, -0.05) is 27.4 Å². The molecule has 36 heavy (non-hydrogen) atoms. The van der Waals surface area contributed by atoms with Crippen molar-refractivity contribution in [2.75, 3.05) is 6.61 Å². The molecule has 2 unspecified atom stereocenters.